The molecule has 0 amide bonds. The molecule has 0 fully saturated rings. The Labute approximate surface area is 274 Å². The van der Waals surface area contributed by atoms with Gasteiger partial charge in [-0.3, -0.25) is 4.68 Å². The van der Waals surface area contributed by atoms with E-state index in [-0.39, 0.29) is 5.75 Å². The predicted octanol–water partition coefficient (Wildman–Crippen LogP) is 7.33. The molecule has 5 heterocycles. The van der Waals surface area contributed by atoms with E-state index in [1.54, 1.807) is 6.92 Å². The highest BCUT2D eigenvalue weighted by Crippen LogP contribution is 2.46. The minimum Gasteiger partial charge on any atom is -0.490 e. The van der Waals surface area contributed by atoms with Crippen molar-refractivity contribution in [3.8, 4) is 38.1 Å². The van der Waals surface area contributed by atoms with Crippen molar-refractivity contribution in [3.63, 3.8) is 0 Å². The fourth-order valence-corrected chi connectivity index (χ4v) is 7.41. The molecule has 0 spiro atoms. The molecule has 12 heteroatoms. The van der Waals surface area contributed by atoms with Crippen LogP contribution in [0.25, 0.3) is 54.3 Å². The molecule has 1 N–H and O–H groups in total. The topological polar surface area (TPSA) is 117 Å². The zero-order valence-corrected chi connectivity index (χ0v) is 28.1. The highest BCUT2D eigenvalue weighted by molar-refractivity contribution is 7.17. The van der Waals surface area contributed by atoms with Crippen molar-refractivity contribution in [2.45, 2.75) is 59.2 Å². The molecule has 0 saturated carbocycles. The van der Waals surface area contributed by atoms with Crippen LogP contribution < -0.4 is 4.74 Å². The van der Waals surface area contributed by atoms with Crippen LogP contribution in [0.2, 0.25) is 0 Å². The monoisotopic (exact) mass is 654 g/mol. The molecule has 6 aromatic rings. The number of carboxylic acid groups (broad SMARTS) is 1. The molecule has 47 heavy (non-hydrogen) atoms. The lowest BCUT2D eigenvalue weighted by Gasteiger charge is -2.29. The number of halogens is 1. The fourth-order valence-electron chi connectivity index (χ4n) is 6.52. The van der Waals surface area contributed by atoms with E-state index in [4.69, 9.17) is 14.5 Å². The second-order valence-corrected chi connectivity index (χ2v) is 14.0. The van der Waals surface area contributed by atoms with Crippen LogP contribution in [-0.4, -0.2) is 52.8 Å². The molecule has 0 aliphatic carbocycles. The van der Waals surface area contributed by atoms with Crippen molar-refractivity contribution in [3.05, 3.63) is 64.7 Å². The third-order valence-electron chi connectivity index (χ3n) is 8.70. The number of aryl methyl sites for hydroxylation is 3. The Bertz CT molecular complexity index is 2230. The Hall–Kier alpha value is -4.68. The lowest BCUT2D eigenvalue weighted by atomic mass is 9.86. The van der Waals surface area contributed by atoms with Gasteiger partial charge in [-0.1, -0.05) is 11.3 Å². The number of aromatic nitrogens is 6. The van der Waals surface area contributed by atoms with Crippen LogP contribution in [0.15, 0.2) is 36.5 Å². The van der Waals surface area contributed by atoms with E-state index in [1.165, 1.54) is 17.4 Å². The van der Waals surface area contributed by atoms with Gasteiger partial charge in [0.15, 0.2) is 22.7 Å². The molecule has 0 bridgehead atoms. The van der Waals surface area contributed by atoms with Gasteiger partial charge in [0, 0.05) is 52.8 Å². The molecule has 10 nitrogen and oxygen atoms in total. The molecule has 2 aromatic carbocycles. The van der Waals surface area contributed by atoms with Crippen LogP contribution >= 0.6 is 11.3 Å². The van der Waals surface area contributed by atoms with Crippen LogP contribution in [0.3, 0.4) is 0 Å². The van der Waals surface area contributed by atoms with Gasteiger partial charge in [0.05, 0.1) is 29.6 Å². The van der Waals surface area contributed by atoms with E-state index in [0.717, 1.165) is 44.7 Å². The minimum atomic E-state index is -1.35. The molecular formula is C35H35FN6O4S. The quantitative estimate of drug-likeness (QED) is 0.198. The SMILES string of the molecule is Cc1nc2c(cc(-c3nnc(-c4ccc5c(cnn5C)c4)s3)n2C)c(-c2cc(F)c3c(c2C)CCCO3)c1[C@H](OC(C)(C)C)C(=O)O. The zero-order chi connectivity index (χ0) is 33.4. The number of hydrogen-bond acceptors (Lipinski definition) is 8. The number of aliphatic carboxylic acids is 1. The highest BCUT2D eigenvalue weighted by atomic mass is 32.1. The van der Waals surface area contributed by atoms with Gasteiger partial charge >= 0.3 is 5.97 Å². The van der Waals surface area contributed by atoms with Gasteiger partial charge in [-0.05, 0) is 88.9 Å². The Morgan fingerprint density at radius 2 is 1.89 bits per heavy atom. The number of carbonyl (C=O) groups is 1. The molecule has 1 atom stereocenters. The standard InChI is InChI=1S/C35H35FN6O4S/c1-17-21-9-8-12-45-29(21)24(36)14-22(17)28-23-15-26(33-40-39-32(47-33)19-10-11-25-20(13-19)16-37-42(25)7)41(6)31(23)38-18(2)27(28)30(34(43)44)46-35(3,4)5/h10-11,13-16,30H,8-9,12H2,1-7H3,(H,43,44)/t30-/m0/s1. The summed E-state index contributed by atoms with van der Waals surface area (Å²) in [6.07, 6.45) is 1.90. The second-order valence-electron chi connectivity index (χ2n) is 13.0. The van der Waals surface area contributed by atoms with E-state index in [9.17, 15) is 9.90 Å². The number of ether oxygens (including phenoxy) is 2. The molecule has 1 aliphatic rings. The van der Waals surface area contributed by atoms with E-state index >= 15 is 4.39 Å². The summed E-state index contributed by atoms with van der Waals surface area (Å²) in [5.74, 6) is -1.37. The first-order valence-corrected chi connectivity index (χ1v) is 16.3. The van der Waals surface area contributed by atoms with Crippen molar-refractivity contribution in [2.24, 2.45) is 14.1 Å². The Balaban J connectivity index is 1.46. The van der Waals surface area contributed by atoms with E-state index in [2.05, 4.69) is 15.3 Å². The van der Waals surface area contributed by atoms with Gasteiger partial charge in [0.1, 0.15) is 10.7 Å². The molecule has 0 radical (unpaired) electrons. The number of nitrogens with zero attached hydrogens (tertiary/aromatic N) is 6. The zero-order valence-electron chi connectivity index (χ0n) is 27.3. The number of rotatable bonds is 6. The maximum Gasteiger partial charge on any atom is 0.337 e. The van der Waals surface area contributed by atoms with Crippen LogP contribution in [0, 0.1) is 19.7 Å². The number of hydrogen-bond donors (Lipinski definition) is 1. The lowest BCUT2D eigenvalue weighted by Crippen LogP contribution is -2.28. The summed E-state index contributed by atoms with van der Waals surface area (Å²) in [5, 5.41) is 27.0. The number of benzene rings is 2. The Morgan fingerprint density at radius 1 is 1.13 bits per heavy atom. The average Bonchev–Trinajstić information content (AvgIpc) is 3.74. The van der Waals surface area contributed by atoms with Crippen molar-refractivity contribution in [2.75, 3.05) is 6.61 Å². The van der Waals surface area contributed by atoms with Crippen molar-refractivity contribution < 1.29 is 23.8 Å². The predicted molar refractivity (Wildman–Crippen MR) is 179 cm³/mol. The summed E-state index contributed by atoms with van der Waals surface area (Å²) in [6.45, 7) is 9.60. The Morgan fingerprint density at radius 3 is 2.64 bits per heavy atom. The molecule has 242 valence electrons. The molecular weight excluding hydrogens is 619 g/mol. The van der Waals surface area contributed by atoms with Crippen molar-refractivity contribution in [1.82, 2.24) is 29.5 Å². The number of fused-ring (bicyclic) bond motifs is 3. The fraction of sp³-hybridized carbons (Fsp3) is 0.343. The molecule has 7 rings (SSSR count). The van der Waals surface area contributed by atoms with E-state index in [1.807, 2.05) is 81.5 Å². The van der Waals surface area contributed by atoms with Gasteiger partial charge in [-0.15, -0.1) is 10.2 Å². The highest BCUT2D eigenvalue weighted by Gasteiger charge is 2.34. The largest absolute Gasteiger partial charge is 0.490 e. The average molecular weight is 655 g/mol. The van der Waals surface area contributed by atoms with Gasteiger partial charge in [-0.25, -0.2) is 14.2 Å². The van der Waals surface area contributed by atoms with Crippen molar-refractivity contribution in [1.29, 1.82) is 0 Å². The first-order valence-electron chi connectivity index (χ1n) is 15.4. The molecule has 0 saturated heterocycles. The summed E-state index contributed by atoms with van der Waals surface area (Å²) < 4.78 is 31.4. The minimum absolute atomic E-state index is 0.265. The lowest BCUT2D eigenvalue weighted by molar-refractivity contribution is -0.160. The van der Waals surface area contributed by atoms with Crippen molar-refractivity contribution >= 4 is 39.2 Å². The number of pyridine rings is 1. The Kier molecular flexibility index (Phi) is 7.40. The van der Waals surface area contributed by atoms with Crippen LogP contribution in [0.1, 0.15) is 55.7 Å². The normalized spacial score (nSPS) is 14.0. The van der Waals surface area contributed by atoms with Gasteiger partial charge in [-0.2, -0.15) is 5.10 Å². The maximum atomic E-state index is 15.8. The second kappa shape index (κ2) is 11.2. The smallest absolute Gasteiger partial charge is 0.337 e. The van der Waals surface area contributed by atoms with Crippen LogP contribution in [0.4, 0.5) is 4.39 Å². The summed E-state index contributed by atoms with van der Waals surface area (Å²) in [4.78, 5) is 17.8. The van der Waals surface area contributed by atoms with Gasteiger partial charge in [0.25, 0.3) is 0 Å². The van der Waals surface area contributed by atoms with Crippen LogP contribution in [-0.2, 0) is 30.0 Å². The summed E-state index contributed by atoms with van der Waals surface area (Å²) in [5.41, 5.74) is 6.18. The summed E-state index contributed by atoms with van der Waals surface area (Å²) in [7, 11) is 3.80. The summed E-state index contributed by atoms with van der Waals surface area (Å²) in [6, 6.07) is 9.46. The first kappa shape index (κ1) is 30.9. The van der Waals surface area contributed by atoms with E-state index in [0.29, 0.717) is 51.5 Å². The first-order chi connectivity index (χ1) is 22.3. The summed E-state index contributed by atoms with van der Waals surface area (Å²) >= 11 is 1.44. The molecule has 1 aliphatic heterocycles. The maximum absolute atomic E-state index is 15.8. The van der Waals surface area contributed by atoms with Gasteiger partial charge < -0.3 is 19.1 Å². The third-order valence-corrected chi connectivity index (χ3v) is 9.70. The molecule has 4 aromatic heterocycles. The third kappa shape index (κ3) is 5.25. The molecule has 0 unspecified atom stereocenters. The van der Waals surface area contributed by atoms with E-state index < -0.39 is 23.5 Å². The van der Waals surface area contributed by atoms with Gasteiger partial charge in [0.2, 0.25) is 0 Å². The van der Waals surface area contributed by atoms with Crippen LogP contribution in [0.5, 0.6) is 5.75 Å². The number of carboxylic acids is 1.